The van der Waals surface area contributed by atoms with Crippen molar-refractivity contribution in [2.24, 2.45) is 5.73 Å². The van der Waals surface area contributed by atoms with Gasteiger partial charge in [0, 0.05) is 0 Å². The second-order valence-electron chi connectivity index (χ2n) is 4.14. The van der Waals surface area contributed by atoms with Gasteiger partial charge in [-0.1, -0.05) is 6.92 Å². The molecule has 2 rings (SSSR count). The molecule has 1 unspecified atom stereocenters. The number of aromatic nitrogens is 1. The zero-order valence-electron chi connectivity index (χ0n) is 8.83. The number of ether oxygens (including phenoxy) is 1. The third kappa shape index (κ3) is 1.47. The minimum Gasteiger partial charge on any atom is -0.364 e. The van der Waals surface area contributed by atoms with Crippen molar-refractivity contribution in [3.63, 3.8) is 0 Å². The Kier molecular flexibility index (Phi) is 2.37. The van der Waals surface area contributed by atoms with Crippen LogP contribution in [0.4, 0.5) is 0 Å². The Labute approximate surface area is 88.3 Å². The van der Waals surface area contributed by atoms with Crippen molar-refractivity contribution in [2.75, 3.05) is 0 Å². The summed E-state index contributed by atoms with van der Waals surface area (Å²) in [4.78, 5) is 5.83. The summed E-state index contributed by atoms with van der Waals surface area (Å²) in [7, 11) is 0. The number of rotatable bonds is 2. The SMILES string of the molecule is CCC(N)c1nc2c(s1)COC2(C)C. The van der Waals surface area contributed by atoms with Crippen LogP contribution in [0.3, 0.4) is 0 Å². The van der Waals surface area contributed by atoms with Crippen molar-refractivity contribution in [1.29, 1.82) is 0 Å². The van der Waals surface area contributed by atoms with Gasteiger partial charge in [-0.25, -0.2) is 4.98 Å². The number of fused-ring (bicyclic) bond motifs is 1. The zero-order chi connectivity index (χ0) is 10.3. The molecule has 0 bridgehead atoms. The van der Waals surface area contributed by atoms with E-state index in [4.69, 9.17) is 10.5 Å². The van der Waals surface area contributed by atoms with E-state index in [0.29, 0.717) is 6.61 Å². The van der Waals surface area contributed by atoms with Crippen LogP contribution in [0.25, 0.3) is 0 Å². The van der Waals surface area contributed by atoms with Crippen LogP contribution in [0, 0.1) is 0 Å². The number of nitrogens with zero attached hydrogens (tertiary/aromatic N) is 1. The van der Waals surface area contributed by atoms with Gasteiger partial charge < -0.3 is 10.5 Å². The third-order valence-corrected chi connectivity index (χ3v) is 3.77. The maximum absolute atomic E-state index is 5.95. The van der Waals surface area contributed by atoms with Gasteiger partial charge in [-0.2, -0.15) is 0 Å². The molecule has 1 aromatic rings. The zero-order valence-corrected chi connectivity index (χ0v) is 9.65. The maximum Gasteiger partial charge on any atom is 0.110 e. The van der Waals surface area contributed by atoms with Crippen molar-refractivity contribution in [1.82, 2.24) is 4.98 Å². The van der Waals surface area contributed by atoms with Crippen LogP contribution in [0.5, 0.6) is 0 Å². The normalized spacial score (nSPS) is 20.9. The number of nitrogens with two attached hydrogens (primary N) is 1. The molecule has 4 heteroatoms. The molecule has 3 nitrogen and oxygen atoms in total. The lowest BCUT2D eigenvalue weighted by Crippen LogP contribution is -2.17. The highest BCUT2D eigenvalue weighted by Gasteiger charge is 2.35. The van der Waals surface area contributed by atoms with E-state index in [2.05, 4.69) is 25.8 Å². The Morgan fingerprint density at radius 3 is 2.93 bits per heavy atom. The van der Waals surface area contributed by atoms with Crippen LogP contribution < -0.4 is 5.73 Å². The summed E-state index contributed by atoms with van der Waals surface area (Å²) >= 11 is 1.70. The highest BCUT2D eigenvalue weighted by atomic mass is 32.1. The summed E-state index contributed by atoms with van der Waals surface area (Å²) in [5.41, 5.74) is 6.81. The fourth-order valence-electron chi connectivity index (χ4n) is 1.59. The first-order valence-electron chi connectivity index (χ1n) is 4.94. The first kappa shape index (κ1) is 10.1. The Balaban J connectivity index is 2.35. The van der Waals surface area contributed by atoms with E-state index in [-0.39, 0.29) is 11.6 Å². The van der Waals surface area contributed by atoms with Gasteiger partial charge in [0.15, 0.2) is 0 Å². The van der Waals surface area contributed by atoms with Crippen molar-refractivity contribution in [2.45, 2.75) is 45.4 Å². The van der Waals surface area contributed by atoms with Gasteiger partial charge >= 0.3 is 0 Å². The molecular formula is C10H16N2OS. The third-order valence-electron chi connectivity index (χ3n) is 2.61. The van der Waals surface area contributed by atoms with Gasteiger partial charge in [-0.05, 0) is 20.3 Å². The van der Waals surface area contributed by atoms with Crippen LogP contribution >= 0.6 is 11.3 Å². The van der Waals surface area contributed by atoms with Crippen LogP contribution in [-0.4, -0.2) is 4.98 Å². The topological polar surface area (TPSA) is 48.1 Å². The summed E-state index contributed by atoms with van der Waals surface area (Å²) in [6.45, 7) is 6.88. The molecule has 1 aliphatic heterocycles. The second-order valence-corrected chi connectivity index (χ2v) is 5.25. The lowest BCUT2D eigenvalue weighted by Gasteiger charge is -2.16. The second kappa shape index (κ2) is 3.29. The average Bonchev–Trinajstić information content (AvgIpc) is 2.67. The molecule has 78 valence electrons. The largest absolute Gasteiger partial charge is 0.364 e. The Morgan fingerprint density at radius 2 is 2.36 bits per heavy atom. The molecule has 0 spiro atoms. The first-order chi connectivity index (χ1) is 6.54. The summed E-state index contributed by atoms with van der Waals surface area (Å²) in [5, 5.41) is 1.05. The smallest absolute Gasteiger partial charge is 0.110 e. The lowest BCUT2D eigenvalue weighted by atomic mass is 10.1. The molecule has 14 heavy (non-hydrogen) atoms. The molecule has 0 saturated carbocycles. The van der Waals surface area contributed by atoms with Gasteiger partial charge in [-0.3, -0.25) is 0 Å². The predicted molar refractivity (Wildman–Crippen MR) is 57.1 cm³/mol. The molecule has 0 fully saturated rings. The van der Waals surface area contributed by atoms with Crippen LogP contribution in [0.15, 0.2) is 0 Å². The van der Waals surface area contributed by atoms with Gasteiger partial charge in [0.2, 0.25) is 0 Å². The van der Waals surface area contributed by atoms with Gasteiger partial charge in [0.1, 0.15) is 10.6 Å². The molecule has 2 N–H and O–H groups in total. The number of hydrogen-bond donors (Lipinski definition) is 1. The van der Waals surface area contributed by atoms with Crippen LogP contribution in [0.1, 0.15) is 48.8 Å². The lowest BCUT2D eigenvalue weighted by molar-refractivity contribution is -0.0100. The summed E-state index contributed by atoms with van der Waals surface area (Å²) < 4.78 is 5.63. The van der Waals surface area contributed by atoms with Gasteiger partial charge in [-0.15, -0.1) is 11.3 Å². The molecule has 2 heterocycles. The molecule has 0 aliphatic carbocycles. The minimum absolute atomic E-state index is 0.0846. The van der Waals surface area contributed by atoms with E-state index in [1.807, 2.05) is 0 Å². The molecule has 0 aromatic carbocycles. The fourth-order valence-corrected chi connectivity index (χ4v) is 2.80. The van der Waals surface area contributed by atoms with E-state index in [1.165, 1.54) is 4.88 Å². The van der Waals surface area contributed by atoms with E-state index in [0.717, 1.165) is 17.1 Å². The average molecular weight is 212 g/mol. The fraction of sp³-hybridized carbons (Fsp3) is 0.700. The molecule has 1 atom stereocenters. The van der Waals surface area contributed by atoms with Crippen molar-refractivity contribution in [3.8, 4) is 0 Å². The standard InChI is InChI=1S/C10H16N2OS/c1-4-6(11)9-12-8-7(14-9)5-13-10(8,2)3/h6H,4-5,11H2,1-3H3. The van der Waals surface area contributed by atoms with Crippen molar-refractivity contribution >= 4 is 11.3 Å². The summed E-state index contributed by atoms with van der Waals surface area (Å²) in [6, 6.07) is 0.0846. The Morgan fingerprint density at radius 1 is 1.64 bits per heavy atom. The van der Waals surface area contributed by atoms with Crippen molar-refractivity contribution in [3.05, 3.63) is 15.6 Å². The number of thiazole rings is 1. The molecule has 0 amide bonds. The monoisotopic (exact) mass is 212 g/mol. The van der Waals surface area contributed by atoms with Crippen LogP contribution in [-0.2, 0) is 16.9 Å². The number of hydrogen-bond acceptors (Lipinski definition) is 4. The Hall–Kier alpha value is -0.450. The van der Waals surface area contributed by atoms with E-state index in [9.17, 15) is 0 Å². The van der Waals surface area contributed by atoms with E-state index in [1.54, 1.807) is 11.3 Å². The molecule has 0 radical (unpaired) electrons. The first-order valence-corrected chi connectivity index (χ1v) is 5.76. The summed E-state index contributed by atoms with van der Waals surface area (Å²) in [6.07, 6.45) is 0.938. The minimum atomic E-state index is -0.225. The molecular weight excluding hydrogens is 196 g/mol. The van der Waals surface area contributed by atoms with Gasteiger partial charge in [0.25, 0.3) is 0 Å². The van der Waals surface area contributed by atoms with Gasteiger partial charge in [0.05, 0.1) is 23.2 Å². The predicted octanol–water partition coefficient (Wildman–Crippen LogP) is 2.32. The molecule has 0 saturated heterocycles. The summed E-state index contributed by atoms with van der Waals surface area (Å²) in [5.74, 6) is 0. The Bertz CT molecular complexity index is 346. The highest BCUT2D eigenvalue weighted by Crippen LogP contribution is 2.39. The molecule has 1 aromatic heterocycles. The van der Waals surface area contributed by atoms with Crippen LogP contribution in [0.2, 0.25) is 0 Å². The highest BCUT2D eigenvalue weighted by molar-refractivity contribution is 7.11. The maximum atomic E-state index is 5.95. The van der Waals surface area contributed by atoms with E-state index < -0.39 is 0 Å². The van der Waals surface area contributed by atoms with Crippen molar-refractivity contribution < 1.29 is 4.74 Å². The molecule has 1 aliphatic rings. The van der Waals surface area contributed by atoms with E-state index >= 15 is 0 Å². The quantitative estimate of drug-likeness (QED) is 0.818.